The molecule has 0 heterocycles. The highest BCUT2D eigenvalue weighted by atomic mass is 79.9. The first-order valence-corrected chi connectivity index (χ1v) is 15.0. The number of methoxy groups -OCH3 is 7. The number of nitrogens with one attached hydrogen (secondary N) is 2. The summed E-state index contributed by atoms with van der Waals surface area (Å²) in [6.07, 6.45) is 4.05. The number of ether oxygens (including phenoxy) is 7. The van der Waals surface area contributed by atoms with Crippen LogP contribution >= 0.6 is 15.9 Å². The van der Waals surface area contributed by atoms with E-state index in [4.69, 9.17) is 33.2 Å². The molecule has 3 rings (SSSR count). The molecule has 12 nitrogen and oxygen atoms in total. The predicted molar refractivity (Wildman–Crippen MR) is 172 cm³/mol. The van der Waals surface area contributed by atoms with Crippen molar-refractivity contribution < 1.29 is 46.4 Å². The maximum absolute atomic E-state index is 13.1. The van der Waals surface area contributed by atoms with E-state index in [1.165, 1.54) is 86.3 Å². The van der Waals surface area contributed by atoms with Gasteiger partial charge < -0.3 is 38.5 Å². The summed E-state index contributed by atoms with van der Waals surface area (Å²) >= 11 is 3.40. The second-order valence-corrected chi connectivity index (χ2v) is 11.0. The second-order valence-electron chi connectivity index (χ2n) is 8.66. The van der Waals surface area contributed by atoms with E-state index in [1.807, 2.05) is 0 Å². The number of ketones is 1. The van der Waals surface area contributed by atoms with E-state index in [2.05, 4.69) is 26.0 Å². The van der Waals surface area contributed by atoms with Crippen LogP contribution in [0.4, 0.5) is 11.4 Å². The van der Waals surface area contributed by atoms with Crippen LogP contribution in [0.3, 0.4) is 0 Å². The lowest BCUT2D eigenvalue weighted by Crippen LogP contribution is -2.09. The topological polar surface area (TPSA) is 140 Å². The summed E-state index contributed by atoms with van der Waals surface area (Å²) in [6.45, 7) is 0. The Labute approximate surface area is 264 Å². The van der Waals surface area contributed by atoms with Crippen molar-refractivity contribution in [3.8, 4) is 40.2 Å². The lowest BCUT2D eigenvalue weighted by molar-refractivity contribution is 0.104. The number of allylic oxidation sites excluding steroid dienone is 1. The first-order valence-electron chi connectivity index (χ1n) is 12.7. The Morgan fingerprint density at radius 2 is 1.36 bits per heavy atom. The third-order valence-corrected chi connectivity index (χ3v) is 7.94. The van der Waals surface area contributed by atoms with Crippen molar-refractivity contribution in [3.63, 3.8) is 0 Å². The normalized spacial score (nSPS) is 11.3. The Morgan fingerprint density at radius 3 is 1.91 bits per heavy atom. The van der Waals surface area contributed by atoms with Gasteiger partial charge in [-0.3, -0.25) is 9.52 Å². The second kappa shape index (κ2) is 15.3. The molecule has 3 aromatic carbocycles. The van der Waals surface area contributed by atoms with Crippen molar-refractivity contribution in [2.24, 2.45) is 0 Å². The minimum Gasteiger partial charge on any atom is -0.496 e. The van der Waals surface area contributed by atoms with Crippen LogP contribution in [0.1, 0.15) is 15.9 Å². The molecule has 0 aromatic heterocycles. The zero-order valence-electron chi connectivity index (χ0n) is 25.1. The number of halogens is 1. The minimum absolute atomic E-state index is 0.235. The fourth-order valence-corrected chi connectivity index (χ4v) is 5.52. The summed E-state index contributed by atoms with van der Waals surface area (Å²) < 4.78 is 66.3. The van der Waals surface area contributed by atoms with Crippen LogP contribution < -0.4 is 43.2 Å². The van der Waals surface area contributed by atoms with E-state index >= 15 is 0 Å². The number of sulfonamides is 1. The van der Waals surface area contributed by atoms with Gasteiger partial charge in [-0.15, -0.1) is 0 Å². The van der Waals surface area contributed by atoms with E-state index in [0.717, 1.165) is 5.41 Å². The van der Waals surface area contributed by atoms with Crippen molar-refractivity contribution >= 4 is 49.2 Å². The van der Waals surface area contributed by atoms with E-state index < -0.39 is 10.0 Å². The predicted octanol–water partition coefficient (Wildman–Crippen LogP) is 5.73. The molecule has 0 spiro atoms. The van der Waals surface area contributed by atoms with Crippen molar-refractivity contribution in [1.29, 1.82) is 0 Å². The molecule has 0 aliphatic rings. The van der Waals surface area contributed by atoms with E-state index in [0.29, 0.717) is 56.0 Å². The van der Waals surface area contributed by atoms with Gasteiger partial charge in [0.1, 0.15) is 23.0 Å². The molecular formula is C30H33BrN2O10S. The monoisotopic (exact) mass is 692 g/mol. The molecule has 0 saturated carbocycles. The summed E-state index contributed by atoms with van der Waals surface area (Å²) in [5.41, 5.74) is 1.30. The highest BCUT2D eigenvalue weighted by molar-refractivity contribution is 9.10. The molecule has 0 atom stereocenters. The van der Waals surface area contributed by atoms with Gasteiger partial charge in [-0.2, -0.15) is 0 Å². The number of hydrogen-bond acceptors (Lipinski definition) is 11. The van der Waals surface area contributed by atoms with Gasteiger partial charge in [0.05, 0.1) is 76.6 Å². The molecule has 2 N–H and O–H groups in total. The van der Waals surface area contributed by atoms with Gasteiger partial charge in [-0.05, 0) is 46.3 Å². The Hall–Kier alpha value is -4.56. The molecule has 0 aliphatic carbocycles. The smallest absolute Gasteiger partial charge is 0.255 e. The zero-order chi connectivity index (χ0) is 32.4. The van der Waals surface area contributed by atoms with Crippen LogP contribution in [-0.4, -0.2) is 64.0 Å². The maximum atomic E-state index is 13.1. The van der Waals surface area contributed by atoms with Crippen LogP contribution in [0.15, 0.2) is 58.6 Å². The largest absolute Gasteiger partial charge is 0.496 e. The number of hydrogen-bond donors (Lipinski definition) is 2. The van der Waals surface area contributed by atoms with Crippen LogP contribution in [0.5, 0.6) is 40.2 Å². The lowest BCUT2D eigenvalue weighted by atomic mass is 10.1. The number of carbonyl (C=O) groups excluding carboxylic acids is 1. The Bertz CT molecular complexity index is 1650. The average Bonchev–Trinajstić information content (AvgIpc) is 3.02. The van der Waals surface area contributed by atoms with Crippen LogP contribution in [-0.2, 0) is 10.0 Å². The quantitative estimate of drug-likeness (QED) is 0.149. The molecule has 0 unspecified atom stereocenters. The molecule has 0 fully saturated rings. The molecule has 0 bridgehead atoms. The zero-order valence-corrected chi connectivity index (χ0v) is 27.5. The Kier molecular flexibility index (Phi) is 11.8. The molecule has 0 amide bonds. The third kappa shape index (κ3) is 7.88. The van der Waals surface area contributed by atoms with E-state index in [1.54, 1.807) is 18.2 Å². The molecular weight excluding hydrogens is 660 g/mol. The maximum Gasteiger partial charge on any atom is 0.255 e. The van der Waals surface area contributed by atoms with Crippen LogP contribution in [0, 0.1) is 0 Å². The van der Waals surface area contributed by atoms with Crippen LogP contribution in [0.2, 0.25) is 0 Å². The highest BCUT2D eigenvalue weighted by Gasteiger charge is 2.22. The van der Waals surface area contributed by atoms with Gasteiger partial charge >= 0.3 is 0 Å². The summed E-state index contributed by atoms with van der Waals surface area (Å²) in [5.74, 6) is 2.19. The minimum atomic E-state index is -3.98. The van der Waals surface area contributed by atoms with Gasteiger partial charge in [-0.1, -0.05) is 0 Å². The number of anilines is 2. The first-order chi connectivity index (χ1) is 21.1. The van der Waals surface area contributed by atoms with E-state index in [9.17, 15) is 13.2 Å². The summed E-state index contributed by atoms with van der Waals surface area (Å²) in [6, 6.07) is 9.38. The molecule has 44 heavy (non-hydrogen) atoms. The van der Waals surface area contributed by atoms with Gasteiger partial charge in [0.25, 0.3) is 10.0 Å². The Morgan fingerprint density at radius 1 is 0.750 bits per heavy atom. The summed E-state index contributed by atoms with van der Waals surface area (Å²) in [7, 11) is 6.25. The van der Waals surface area contributed by atoms with Gasteiger partial charge in [0.15, 0.2) is 17.3 Å². The molecule has 0 saturated heterocycles. The van der Waals surface area contributed by atoms with Crippen molar-refractivity contribution in [2.45, 2.75) is 0 Å². The summed E-state index contributed by atoms with van der Waals surface area (Å²) in [4.78, 5) is 13.1. The first kappa shape index (κ1) is 33.9. The molecule has 0 radical (unpaired) electrons. The van der Waals surface area contributed by atoms with Gasteiger partial charge in [-0.25, -0.2) is 8.42 Å². The molecule has 14 heteroatoms. The number of benzene rings is 3. The van der Waals surface area contributed by atoms with Crippen LogP contribution in [0.25, 0.3) is 6.08 Å². The lowest BCUT2D eigenvalue weighted by Gasteiger charge is -2.15. The summed E-state index contributed by atoms with van der Waals surface area (Å²) in [5, 5.41) is 3.95. The van der Waals surface area contributed by atoms with Gasteiger partial charge in [0, 0.05) is 30.0 Å². The number of rotatable bonds is 15. The molecule has 3 aromatic rings. The highest BCUT2D eigenvalue weighted by Crippen LogP contribution is 2.45. The van der Waals surface area contributed by atoms with Crippen molar-refractivity contribution in [3.05, 3.63) is 69.7 Å². The van der Waals surface area contributed by atoms with Crippen molar-refractivity contribution in [1.82, 2.24) is 0 Å². The van der Waals surface area contributed by atoms with Gasteiger partial charge in [0.2, 0.25) is 5.75 Å². The standard InChI is InChI=1S/C30H33BrN2O10S/c1-37-19-15-25(39-3)20(26(16-19)40-4)11-13-44(35,36)33-18-8-9-24(38-2)22(14-18)32-12-10-23(34)21-17-27(41-5)29(42-6)30(43-7)28(21)31/h8-17,32-33H,1-7H3/b12-10+,13-11+. The van der Waals surface area contributed by atoms with E-state index in [-0.39, 0.29) is 17.0 Å². The van der Waals surface area contributed by atoms with Crippen molar-refractivity contribution in [2.75, 3.05) is 59.8 Å². The molecule has 236 valence electrons. The third-order valence-electron chi connectivity index (χ3n) is 6.14. The average molecular weight is 694 g/mol. The molecule has 0 aliphatic heterocycles. The number of carbonyl (C=O) groups is 1. The Balaban J connectivity index is 1.84. The SMILES string of the molecule is COc1cc(OC)c(/C=C/S(=O)(=O)Nc2ccc(OC)c(N/C=C/C(=O)c3cc(OC)c(OC)c(OC)c3Br)c2)c(OC)c1. The fourth-order valence-electron chi connectivity index (χ4n) is 4.03. The fraction of sp³-hybridized carbons (Fsp3) is 0.233.